The van der Waals surface area contributed by atoms with Crippen molar-refractivity contribution >= 4 is 28.3 Å². The molecule has 0 spiro atoms. The van der Waals surface area contributed by atoms with Gasteiger partial charge < -0.3 is 15.2 Å². The number of carbonyl (C=O) groups is 2. The lowest BCUT2D eigenvalue weighted by Crippen LogP contribution is -2.30. The van der Waals surface area contributed by atoms with Crippen LogP contribution in [0.15, 0.2) is 60.7 Å². The molecular formula is C23H23NO4. The van der Waals surface area contributed by atoms with Crippen LogP contribution in [0.3, 0.4) is 0 Å². The van der Waals surface area contributed by atoms with E-state index in [1.54, 1.807) is 18.2 Å². The maximum absolute atomic E-state index is 12.5. The molecule has 0 radical (unpaired) electrons. The monoisotopic (exact) mass is 377 g/mol. The average Bonchev–Trinajstić information content (AvgIpc) is 2.68. The van der Waals surface area contributed by atoms with E-state index in [0.29, 0.717) is 11.1 Å². The molecule has 1 amide bonds. The van der Waals surface area contributed by atoms with Crippen LogP contribution in [-0.4, -0.2) is 23.1 Å². The van der Waals surface area contributed by atoms with Crippen molar-refractivity contribution in [3.8, 4) is 5.75 Å². The summed E-state index contributed by atoms with van der Waals surface area (Å²) in [6, 6.07) is 17.9. The molecule has 144 valence electrons. The second-order valence-corrected chi connectivity index (χ2v) is 6.96. The van der Waals surface area contributed by atoms with Crippen LogP contribution < -0.4 is 5.32 Å². The van der Waals surface area contributed by atoms with Crippen LogP contribution in [0.25, 0.3) is 10.8 Å². The van der Waals surface area contributed by atoms with Crippen LogP contribution in [0.1, 0.15) is 42.6 Å². The topological polar surface area (TPSA) is 75.6 Å². The Labute approximate surface area is 164 Å². The fraction of sp³-hybridized carbons (Fsp3) is 0.217. The third-order valence-electron chi connectivity index (χ3n) is 4.61. The van der Waals surface area contributed by atoms with E-state index in [1.807, 2.05) is 50.2 Å². The van der Waals surface area contributed by atoms with Gasteiger partial charge in [0.15, 0.2) is 6.10 Å². The molecule has 5 heteroatoms. The zero-order chi connectivity index (χ0) is 20.3. The van der Waals surface area contributed by atoms with Crippen LogP contribution >= 0.6 is 0 Å². The lowest BCUT2D eigenvalue weighted by molar-refractivity contribution is -0.123. The normalized spacial score (nSPS) is 12.0. The van der Waals surface area contributed by atoms with E-state index in [9.17, 15) is 14.7 Å². The smallest absolute Gasteiger partial charge is 0.342 e. The Morgan fingerprint density at radius 1 is 0.929 bits per heavy atom. The maximum Gasteiger partial charge on any atom is 0.342 e. The number of esters is 1. The predicted molar refractivity (Wildman–Crippen MR) is 110 cm³/mol. The third-order valence-corrected chi connectivity index (χ3v) is 4.61. The second kappa shape index (κ2) is 8.13. The first-order valence-electron chi connectivity index (χ1n) is 9.20. The number of hydrogen-bond acceptors (Lipinski definition) is 4. The number of hydrogen-bond donors (Lipinski definition) is 2. The number of nitrogens with one attached hydrogen (secondary N) is 1. The Morgan fingerprint density at radius 3 is 2.36 bits per heavy atom. The first-order chi connectivity index (χ1) is 13.4. The van der Waals surface area contributed by atoms with Gasteiger partial charge in [-0.1, -0.05) is 62.4 Å². The van der Waals surface area contributed by atoms with E-state index in [4.69, 9.17) is 4.74 Å². The summed E-state index contributed by atoms with van der Waals surface area (Å²) in [5, 5.41) is 14.6. The van der Waals surface area contributed by atoms with Gasteiger partial charge in [0.2, 0.25) is 0 Å². The molecule has 0 heterocycles. The number of benzene rings is 3. The van der Waals surface area contributed by atoms with Crippen molar-refractivity contribution in [2.45, 2.75) is 32.8 Å². The highest BCUT2D eigenvalue weighted by molar-refractivity contribution is 6.03. The predicted octanol–water partition coefficient (Wildman–Crippen LogP) is 4.85. The molecule has 0 saturated heterocycles. The van der Waals surface area contributed by atoms with Gasteiger partial charge in [-0.05, 0) is 35.9 Å². The van der Waals surface area contributed by atoms with E-state index >= 15 is 0 Å². The molecule has 0 aliphatic carbocycles. The molecule has 0 unspecified atom stereocenters. The van der Waals surface area contributed by atoms with Crippen molar-refractivity contribution in [3.63, 3.8) is 0 Å². The van der Waals surface area contributed by atoms with Crippen molar-refractivity contribution in [3.05, 3.63) is 71.8 Å². The Bertz CT molecular complexity index is 1030. The van der Waals surface area contributed by atoms with Crippen molar-refractivity contribution in [2.24, 2.45) is 0 Å². The first-order valence-corrected chi connectivity index (χ1v) is 9.20. The molecule has 0 aliphatic heterocycles. The van der Waals surface area contributed by atoms with Gasteiger partial charge in [0, 0.05) is 11.1 Å². The van der Waals surface area contributed by atoms with Gasteiger partial charge in [0.25, 0.3) is 5.91 Å². The van der Waals surface area contributed by atoms with Crippen molar-refractivity contribution < 1.29 is 19.4 Å². The number of phenolic OH excluding ortho intramolecular Hbond substituents is 1. The Kier molecular flexibility index (Phi) is 5.64. The molecule has 0 aliphatic rings. The molecule has 1 atom stereocenters. The van der Waals surface area contributed by atoms with Crippen molar-refractivity contribution in [1.82, 2.24) is 0 Å². The molecule has 0 bridgehead atoms. The van der Waals surface area contributed by atoms with E-state index in [2.05, 4.69) is 5.32 Å². The molecule has 0 fully saturated rings. The lowest BCUT2D eigenvalue weighted by atomic mass is 10.0. The standard InChI is InChI=1S/C23H23NO4/c1-14(2)17-9-6-7-11-20(17)24-22(26)15(3)28-23(27)19-13-12-16-8-4-5-10-18(16)21(19)25/h4-15,25H,1-3H3,(H,24,26)/t15-/m0/s1. The number of rotatable bonds is 5. The highest BCUT2D eigenvalue weighted by Gasteiger charge is 2.22. The highest BCUT2D eigenvalue weighted by Crippen LogP contribution is 2.29. The largest absolute Gasteiger partial charge is 0.506 e. The molecule has 5 nitrogen and oxygen atoms in total. The van der Waals surface area contributed by atoms with Gasteiger partial charge >= 0.3 is 5.97 Å². The Hall–Kier alpha value is -3.34. The van der Waals surface area contributed by atoms with Crippen molar-refractivity contribution in [1.29, 1.82) is 0 Å². The third kappa shape index (κ3) is 3.98. The Morgan fingerprint density at radius 2 is 1.61 bits per heavy atom. The van der Waals surface area contributed by atoms with E-state index < -0.39 is 18.0 Å². The summed E-state index contributed by atoms with van der Waals surface area (Å²) in [7, 11) is 0. The fourth-order valence-corrected chi connectivity index (χ4v) is 3.05. The van der Waals surface area contributed by atoms with E-state index in [0.717, 1.165) is 10.9 Å². The molecular weight excluding hydrogens is 354 g/mol. The number of amides is 1. The van der Waals surface area contributed by atoms with Gasteiger partial charge in [-0.25, -0.2) is 4.79 Å². The van der Waals surface area contributed by atoms with Crippen molar-refractivity contribution in [2.75, 3.05) is 5.32 Å². The summed E-state index contributed by atoms with van der Waals surface area (Å²) < 4.78 is 5.29. The number of anilines is 1. The Balaban J connectivity index is 1.74. The highest BCUT2D eigenvalue weighted by atomic mass is 16.5. The van der Waals surface area contributed by atoms with Crippen LogP contribution in [0.4, 0.5) is 5.69 Å². The minimum atomic E-state index is -1.02. The molecule has 3 aromatic rings. The quantitative estimate of drug-likeness (QED) is 0.623. The molecule has 0 aromatic heterocycles. The number of phenols is 1. The van der Waals surface area contributed by atoms with Gasteiger partial charge in [-0.15, -0.1) is 0 Å². The zero-order valence-corrected chi connectivity index (χ0v) is 16.1. The van der Waals surface area contributed by atoms with Crippen LogP contribution in [0, 0.1) is 0 Å². The number of para-hydroxylation sites is 1. The van der Waals surface area contributed by atoms with Gasteiger partial charge in [0.05, 0.1) is 0 Å². The second-order valence-electron chi connectivity index (χ2n) is 6.96. The SMILES string of the molecule is CC(C)c1ccccc1NC(=O)[C@H](C)OC(=O)c1ccc2ccccc2c1O. The maximum atomic E-state index is 12.5. The average molecular weight is 377 g/mol. The fourth-order valence-electron chi connectivity index (χ4n) is 3.05. The summed E-state index contributed by atoms with van der Waals surface area (Å²) in [5.74, 6) is -1.09. The summed E-state index contributed by atoms with van der Waals surface area (Å²) in [4.78, 5) is 25.0. The number of ether oxygens (including phenoxy) is 1. The molecule has 3 rings (SSSR count). The van der Waals surface area contributed by atoms with Crippen LogP contribution in [0.2, 0.25) is 0 Å². The van der Waals surface area contributed by atoms with Crippen LogP contribution in [-0.2, 0) is 9.53 Å². The number of fused-ring (bicyclic) bond motifs is 1. The number of aromatic hydroxyl groups is 1. The number of carbonyl (C=O) groups excluding carboxylic acids is 2. The van der Waals surface area contributed by atoms with E-state index in [1.165, 1.54) is 13.0 Å². The van der Waals surface area contributed by atoms with E-state index in [-0.39, 0.29) is 17.2 Å². The van der Waals surface area contributed by atoms with Gasteiger partial charge in [-0.2, -0.15) is 0 Å². The summed E-state index contributed by atoms with van der Waals surface area (Å²) in [6.45, 7) is 5.58. The molecule has 28 heavy (non-hydrogen) atoms. The first kappa shape index (κ1) is 19.4. The molecule has 0 saturated carbocycles. The van der Waals surface area contributed by atoms with Gasteiger partial charge in [-0.3, -0.25) is 4.79 Å². The lowest BCUT2D eigenvalue weighted by Gasteiger charge is -2.17. The summed E-state index contributed by atoms with van der Waals surface area (Å²) in [6.07, 6.45) is -1.02. The molecule has 2 N–H and O–H groups in total. The minimum absolute atomic E-state index is 0.0286. The van der Waals surface area contributed by atoms with Crippen LogP contribution in [0.5, 0.6) is 5.75 Å². The zero-order valence-electron chi connectivity index (χ0n) is 16.1. The summed E-state index contributed by atoms with van der Waals surface area (Å²) in [5.41, 5.74) is 1.72. The minimum Gasteiger partial charge on any atom is -0.506 e. The summed E-state index contributed by atoms with van der Waals surface area (Å²) >= 11 is 0. The van der Waals surface area contributed by atoms with Gasteiger partial charge in [0.1, 0.15) is 11.3 Å². The molecule has 3 aromatic carbocycles.